The van der Waals surface area contributed by atoms with Crippen LogP contribution in [0.25, 0.3) is 6.08 Å². The molecular weight excluding hydrogens is 364 g/mol. The number of nitrogens with zero attached hydrogens (tertiary/aromatic N) is 1. The highest BCUT2D eigenvalue weighted by Crippen LogP contribution is 2.22. The second kappa shape index (κ2) is 12.3. The molecule has 2 N–H and O–H groups in total. The molecule has 2 unspecified atom stereocenters. The first-order chi connectivity index (χ1) is 13.1. The number of hydrogen-bond donors (Lipinski definition) is 1. The van der Waals surface area contributed by atoms with Crippen LogP contribution in [0.5, 0.6) is 0 Å². The van der Waals surface area contributed by atoms with Crippen molar-refractivity contribution < 1.29 is 4.79 Å². The van der Waals surface area contributed by atoms with Gasteiger partial charge in [0.25, 0.3) is 0 Å². The molecule has 0 fully saturated rings. The largest absolute Gasteiger partial charge is 0.324 e. The van der Waals surface area contributed by atoms with E-state index >= 15 is 0 Å². The first kappa shape index (κ1) is 24.8. The van der Waals surface area contributed by atoms with Gasteiger partial charge in [-0.2, -0.15) is 0 Å². The quantitative estimate of drug-likeness (QED) is 0.400. The Bertz CT molecular complexity index is 672. The molecule has 0 amide bonds. The Labute approximate surface area is 176 Å². The number of ketones is 1. The second-order valence-corrected chi connectivity index (χ2v) is 9.83. The van der Waals surface area contributed by atoms with Crippen LogP contribution in [-0.4, -0.2) is 16.8 Å². The van der Waals surface area contributed by atoms with E-state index in [4.69, 9.17) is 5.73 Å². The standard InChI is InChI=1S/C24H40N2OS/c1-16(2)24(27)20(6)13-18(4)10-8-9-17(3)11-12-23(25)19(5)14-22-15-28-21(7)26-22/h11,14-16,18,20,23H,8-10,12-13,25H2,1-7H3/b17-11-,19-14+/t18?,20?,23-/m0/s1. The first-order valence-corrected chi connectivity index (χ1v) is 11.5. The van der Waals surface area contributed by atoms with Crippen LogP contribution in [0.15, 0.2) is 22.6 Å². The van der Waals surface area contributed by atoms with Crippen molar-refractivity contribution in [3.63, 3.8) is 0 Å². The number of carbonyl (C=O) groups excluding carboxylic acids is 1. The molecule has 0 aromatic carbocycles. The molecule has 0 aliphatic heterocycles. The van der Waals surface area contributed by atoms with Gasteiger partial charge in [-0.3, -0.25) is 4.79 Å². The Morgan fingerprint density at radius 3 is 2.50 bits per heavy atom. The van der Waals surface area contributed by atoms with Gasteiger partial charge in [-0.15, -0.1) is 11.3 Å². The van der Waals surface area contributed by atoms with E-state index in [0.29, 0.717) is 11.7 Å². The van der Waals surface area contributed by atoms with Crippen LogP contribution >= 0.6 is 11.3 Å². The van der Waals surface area contributed by atoms with Crippen LogP contribution in [0.3, 0.4) is 0 Å². The number of rotatable bonds is 12. The van der Waals surface area contributed by atoms with Crippen LogP contribution in [0.2, 0.25) is 0 Å². The van der Waals surface area contributed by atoms with Crippen LogP contribution < -0.4 is 5.73 Å². The van der Waals surface area contributed by atoms with E-state index in [-0.39, 0.29) is 17.9 Å². The lowest BCUT2D eigenvalue weighted by atomic mass is 9.86. The number of aryl methyl sites for hydroxylation is 1. The first-order valence-electron chi connectivity index (χ1n) is 10.6. The molecule has 1 rings (SSSR count). The maximum absolute atomic E-state index is 12.1. The van der Waals surface area contributed by atoms with E-state index in [0.717, 1.165) is 30.0 Å². The van der Waals surface area contributed by atoms with Gasteiger partial charge in [-0.25, -0.2) is 4.98 Å². The Morgan fingerprint density at radius 2 is 1.93 bits per heavy atom. The lowest BCUT2D eigenvalue weighted by Gasteiger charge is -2.18. The van der Waals surface area contributed by atoms with E-state index in [1.54, 1.807) is 11.3 Å². The van der Waals surface area contributed by atoms with Gasteiger partial charge in [0.1, 0.15) is 5.78 Å². The maximum atomic E-state index is 12.1. The van der Waals surface area contributed by atoms with E-state index in [1.165, 1.54) is 24.0 Å². The van der Waals surface area contributed by atoms with Gasteiger partial charge >= 0.3 is 0 Å². The number of Topliss-reactive ketones (excluding diaryl/α,β-unsaturated/α-hetero) is 1. The second-order valence-electron chi connectivity index (χ2n) is 8.76. The van der Waals surface area contributed by atoms with Crippen molar-refractivity contribution in [3.05, 3.63) is 33.3 Å². The van der Waals surface area contributed by atoms with Crippen molar-refractivity contribution >= 4 is 23.2 Å². The summed E-state index contributed by atoms with van der Waals surface area (Å²) in [6.07, 6.45) is 9.71. The summed E-state index contributed by atoms with van der Waals surface area (Å²) in [5.41, 5.74) is 9.93. The molecule has 0 aliphatic carbocycles. The molecule has 3 nitrogen and oxygen atoms in total. The van der Waals surface area contributed by atoms with Gasteiger partial charge in [-0.05, 0) is 58.4 Å². The van der Waals surface area contributed by atoms with Crippen LogP contribution in [0, 0.1) is 24.7 Å². The minimum Gasteiger partial charge on any atom is -0.324 e. The number of aromatic nitrogens is 1. The molecule has 0 spiro atoms. The predicted molar refractivity (Wildman–Crippen MR) is 123 cm³/mol. The predicted octanol–water partition coefficient (Wildman–Crippen LogP) is 6.58. The van der Waals surface area contributed by atoms with Crippen molar-refractivity contribution in [3.8, 4) is 0 Å². The number of nitrogens with two attached hydrogens (primary N) is 1. The van der Waals surface area contributed by atoms with Gasteiger partial charge in [0, 0.05) is 23.3 Å². The van der Waals surface area contributed by atoms with Gasteiger partial charge in [0.2, 0.25) is 0 Å². The van der Waals surface area contributed by atoms with E-state index < -0.39 is 0 Å². The highest BCUT2D eigenvalue weighted by atomic mass is 32.1. The average molecular weight is 405 g/mol. The Morgan fingerprint density at radius 1 is 1.25 bits per heavy atom. The van der Waals surface area contributed by atoms with Gasteiger partial charge < -0.3 is 5.73 Å². The van der Waals surface area contributed by atoms with Crippen LogP contribution in [0.1, 0.15) is 84.3 Å². The number of thiazole rings is 1. The fourth-order valence-corrected chi connectivity index (χ4v) is 4.11. The summed E-state index contributed by atoms with van der Waals surface area (Å²) in [4.78, 5) is 16.5. The summed E-state index contributed by atoms with van der Waals surface area (Å²) in [5.74, 6) is 1.32. The summed E-state index contributed by atoms with van der Waals surface area (Å²) in [5, 5.41) is 3.16. The lowest BCUT2D eigenvalue weighted by molar-refractivity contribution is -0.125. The molecule has 28 heavy (non-hydrogen) atoms. The Kier molecular flexibility index (Phi) is 10.9. The fourth-order valence-electron chi connectivity index (χ4n) is 3.54. The molecule has 1 heterocycles. The molecule has 0 bridgehead atoms. The van der Waals surface area contributed by atoms with Crippen molar-refractivity contribution in [2.24, 2.45) is 23.5 Å². The Hall–Kier alpha value is -1.26. The third-order valence-corrected chi connectivity index (χ3v) is 6.19. The fraction of sp³-hybridized carbons (Fsp3) is 0.667. The zero-order valence-electron chi connectivity index (χ0n) is 18.9. The highest BCUT2D eigenvalue weighted by molar-refractivity contribution is 7.09. The molecule has 0 aliphatic rings. The monoisotopic (exact) mass is 404 g/mol. The van der Waals surface area contributed by atoms with Gasteiger partial charge in [0.15, 0.2) is 0 Å². The SMILES string of the molecule is C/C(=C/C[C@H](N)/C(C)=C/c1csc(C)n1)CCCC(C)CC(C)C(=O)C(C)C. The highest BCUT2D eigenvalue weighted by Gasteiger charge is 2.18. The lowest BCUT2D eigenvalue weighted by Crippen LogP contribution is -2.20. The summed E-state index contributed by atoms with van der Waals surface area (Å²) in [6, 6.07) is 0.0405. The summed E-state index contributed by atoms with van der Waals surface area (Å²) < 4.78 is 0. The number of carbonyl (C=O) groups is 1. The van der Waals surface area contributed by atoms with Crippen molar-refractivity contribution in [1.82, 2.24) is 4.98 Å². The van der Waals surface area contributed by atoms with E-state index in [1.807, 2.05) is 20.8 Å². The molecule has 0 radical (unpaired) electrons. The molecular formula is C24H40N2OS. The molecule has 1 aromatic rings. The third-order valence-electron chi connectivity index (χ3n) is 5.40. The normalized spacial score (nSPS) is 16.3. The topological polar surface area (TPSA) is 56.0 Å². The molecule has 0 saturated carbocycles. The Balaban J connectivity index is 2.36. The molecule has 3 atom stereocenters. The van der Waals surface area contributed by atoms with Crippen molar-refractivity contribution in [1.29, 1.82) is 0 Å². The van der Waals surface area contributed by atoms with E-state index in [2.05, 4.69) is 50.2 Å². The van der Waals surface area contributed by atoms with Crippen molar-refractivity contribution in [2.45, 2.75) is 86.6 Å². The third kappa shape index (κ3) is 9.29. The van der Waals surface area contributed by atoms with Crippen molar-refractivity contribution in [2.75, 3.05) is 0 Å². The smallest absolute Gasteiger partial charge is 0.138 e. The zero-order valence-corrected chi connectivity index (χ0v) is 19.7. The van der Waals surface area contributed by atoms with Crippen LogP contribution in [-0.2, 0) is 4.79 Å². The average Bonchev–Trinajstić information content (AvgIpc) is 3.03. The molecule has 4 heteroatoms. The van der Waals surface area contributed by atoms with Crippen LogP contribution in [0.4, 0.5) is 0 Å². The summed E-state index contributed by atoms with van der Waals surface area (Å²) in [6.45, 7) is 14.7. The van der Waals surface area contributed by atoms with Gasteiger partial charge in [0.05, 0.1) is 10.7 Å². The minimum absolute atomic E-state index is 0.0405. The zero-order chi connectivity index (χ0) is 21.3. The minimum atomic E-state index is 0.0405. The molecule has 0 saturated heterocycles. The number of hydrogen-bond acceptors (Lipinski definition) is 4. The molecule has 1 aromatic heterocycles. The summed E-state index contributed by atoms with van der Waals surface area (Å²) >= 11 is 1.67. The molecule has 158 valence electrons. The van der Waals surface area contributed by atoms with Gasteiger partial charge in [-0.1, -0.05) is 51.3 Å². The number of allylic oxidation sites excluding steroid dienone is 1. The maximum Gasteiger partial charge on any atom is 0.138 e. The van der Waals surface area contributed by atoms with E-state index in [9.17, 15) is 4.79 Å². The summed E-state index contributed by atoms with van der Waals surface area (Å²) in [7, 11) is 0.